The molecule has 1 aromatic heterocycles. The maximum absolute atomic E-state index is 14.6. The molecule has 0 radical (unpaired) electrons. The van der Waals surface area contributed by atoms with Gasteiger partial charge in [0.25, 0.3) is 10.0 Å². The summed E-state index contributed by atoms with van der Waals surface area (Å²) in [4.78, 5) is 15.2. The van der Waals surface area contributed by atoms with Crippen molar-refractivity contribution >= 4 is 43.4 Å². The number of aromatic nitrogens is 1. The number of amides is 1. The number of alkyl halides is 4. The van der Waals surface area contributed by atoms with Gasteiger partial charge in [-0.05, 0) is 50.1 Å². The number of carbonyl (C=O) groups is 1. The summed E-state index contributed by atoms with van der Waals surface area (Å²) in [7, 11) is -3.90. The molecule has 0 aliphatic rings. The maximum atomic E-state index is 14.6. The SMILES string of the molecule is C=C(C)S(=O)(=O)N(c1nccc(Cc2ccc(NC(=O)C(F)(F)F)cc2F)c1CBr)C(C)C. The Bertz CT molecular complexity index is 1170. The molecule has 2 rings (SSSR count). The molecule has 1 aromatic carbocycles. The number of sulfonamides is 1. The number of anilines is 2. The average Bonchev–Trinajstić information content (AvgIpc) is 2.69. The number of hydrogen-bond acceptors (Lipinski definition) is 4. The first-order valence-electron chi connectivity index (χ1n) is 9.59. The number of nitrogens with zero attached hydrogens (tertiary/aromatic N) is 2. The highest BCUT2D eigenvalue weighted by Crippen LogP contribution is 2.31. The number of hydrogen-bond donors (Lipinski definition) is 1. The molecule has 0 atom stereocenters. The van der Waals surface area contributed by atoms with Crippen molar-refractivity contribution in [1.29, 1.82) is 0 Å². The normalized spacial score (nSPS) is 12.0. The van der Waals surface area contributed by atoms with Crippen LogP contribution in [0.2, 0.25) is 0 Å². The smallest absolute Gasteiger partial charge is 0.318 e. The third-order valence-electron chi connectivity index (χ3n) is 4.59. The number of allylic oxidation sites excluding steroid dienone is 1. The lowest BCUT2D eigenvalue weighted by atomic mass is 10.0. The zero-order valence-corrected chi connectivity index (χ0v) is 20.4. The Morgan fingerprint density at radius 3 is 2.36 bits per heavy atom. The Morgan fingerprint density at radius 1 is 1.24 bits per heavy atom. The fourth-order valence-electron chi connectivity index (χ4n) is 3.00. The van der Waals surface area contributed by atoms with Crippen molar-refractivity contribution in [2.45, 2.75) is 44.7 Å². The van der Waals surface area contributed by atoms with Crippen molar-refractivity contribution < 1.29 is 30.8 Å². The van der Waals surface area contributed by atoms with Crippen LogP contribution < -0.4 is 9.62 Å². The number of rotatable bonds is 8. The predicted molar refractivity (Wildman–Crippen MR) is 122 cm³/mol. The van der Waals surface area contributed by atoms with Crippen LogP contribution in [0, 0.1) is 5.82 Å². The van der Waals surface area contributed by atoms with E-state index in [0.29, 0.717) is 11.1 Å². The number of carbonyl (C=O) groups excluding carboxylic acids is 1. The van der Waals surface area contributed by atoms with Gasteiger partial charge in [-0.3, -0.25) is 4.79 Å². The molecule has 12 heteroatoms. The lowest BCUT2D eigenvalue weighted by Gasteiger charge is -2.29. The van der Waals surface area contributed by atoms with Gasteiger partial charge in [-0.1, -0.05) is 28.6 Å². The highest BCUT2D eigenvalue weighted by molar-refractivity contribution is 9.08. The Balaban J connectivity index is 2.46. The molecule has 2 aromatic rings. The van der Waals surface area contributed by atoms with Gasteiger partial charge in [0.1, 0.15) is 11.6 Å². The molecule has 1 heterocycles. The van der Waals surface area contributed by atoms with Crippen LogP contribution in [0.4, 0.5) is 29.1 Å². The molecule has 0 aliphatic heterocycles. The largest absolute Gasteiger partial charge is 0.471 e. The molecule has 0 aliphatic carbocycles. The van der Waals surface area contributed by atoms with Crippen molar-refractivity contribution in [2.75, 3.05) is 9.62 Å². The summed E-state index contributed by atoms with van der Waals surface area (Å²) in [6.07, 6.45) is -3.69. The maximum Gasteiger partial charge on any atom is 0.471 e. The van der Waals surface area contributed by atoms with E-state index in [1.54, 1.807) is 25.2 Å². The quantitative estimate of drug-likeness (QED) is 0.357. The second kappa shape index (κ2) is 10.2. The standard InChI is InChI=1S/C21H22BrF4N3O3S/c1-12(2)29(33(31,32)13(3)4)19-17(11-22)14(7-8-27-19)9-15-5-6-16(10-18(15)23)28-20(30)21(24,25)26/h5-8,10,12H,3,9,11H2,1-2,4H3,(H,28,30). The summed E-state index contributed by atoms with van der Waals surface area (Å²) in [6.45, 7) is 8.27. The number of pyridine rings is 1. The molecule has 0 bridgehead atoms. The van der Waals surface area contributed by atoms with Crippen LogP contribution in [0.25, 0.3) is 0 Å². The van der Waals surface area contributed by atoms with E-state index in [2.05, 4.69) is 27.5 Å². The van der Waals surface area contributed by atoms with Crippen LogP contribution in [0.15, 0.2) is 41.9 Å². The van der Waals surface area contributed by atoms with Gasteiger partial charge in [0.05, 0.1) is 4.91 Å². The number of nitrogens with one attached hydrogen (secondary N) is 1. The minimum absolute atomic E-state index is 0.00877. The molecule has 180 valence electrons. The highest BCUT2D eigenvalue weighted by Gasteiger charge is 2.38. The van der Waals surface area contributed by atoms with E-state index < -0.39 is 34.0 Å². The van der Waals surface area contributed by atoms with Gasteiger partial charge in [0, 0.05) is 35.2 Å². The third kappa shape index (κ3) is 6.11. The Kier molecular flexibility index (Phi) is 8.28. The summed E-state index contributed by atoms with van der Waals surface area (Å²) in [5.41, 5.74) is 0.863. The predicted octanol–water partition coefficient (Wildman–Crippen LogP) is 5.29. The van der Waals surface area contributed by atoms with E-state index in [0.717, 1.165) is 16.4 Å². The Hall–Kier alpha value is -2.47. The van der Waals surface area contributed by atoms with E-state index in [9.17, 15) is 30.8 Å². The fourth-order valence-corrected chi connectivity index (χ4v) is 4.89. The van der Waals surface area contributed by atoms with Crippen LogP contribution in [0.3, 0.4) is 0 Å². The van der Waals surface area contributed by atoms with Crippen molar-refractivity contribution in [3.63, 3.8) is 0 Å². The first-order chi connectivity index (χ1) is 15.2. The van der Waals surface area contributed by atoms with Crippen molar-refractivity contribution in [3.05, 3.63) is 64.5 Å². The second-order valence-corrected chi connectivity index (χ2v) is 10.0. The number of benzene rings is 1. The van der Waals surface area contributed by atoms with Gasteiger partial charge in [-0.2, -0.15) is 13.2 Å². The summed E-state index contributed by atoms with van der Waals surface area (Å²) in [6, 6.07) is 4.32. The van der Waals surface area contributed by atoms with E-state index in [-0.39, 0.29) is 33.7 Å². The zero-order valence-electron chi connectivity index (χ0n) is 18.0. The van der Waals surface area contributed by atoms with Crippen molar-refractivity contribution in [2.24, 2.45) is 0 Å². The van der Waals surface area contributed by atoms with E-state index in [1.165, 1.54) is 19.2 Å². The van der Waals surface area contributed by atoms with Gasteiger partial charge in [0.2, 0.25) is 0 Å². The molecule has 0 saturated carbocycles. The Morgan fingerprint density at radius 2 is 1.88 bits per heavy atom. The summed E-state index contributed by atoms with van der Waals surface area (Å²) < 4.78 is 78.7. The minimum Gasteiger partial charge on any atom is -0.318 e. The van der Waals surface area contributed by atoms with Gasteiger partial charge in [0.15, 0.2) is 0 Å². The highest BCUT2D eigenvalue weighted by atomic mass is 79.9. The second-order valence-electron chi connectivity index (χ2n) is 7.44. The average molecular weight is 552 g/mol. The molecule has 0 saturated heterocycles. The van der Waals surface area contributed by atoms with E-state index in [1.807, 2.05) is 0 Å². The van der Waals surface area contributed by atoms with Crippen LogP contribution in [0.5, 0.6) is 0 Å². The third-order valence-corrected chi connectivity index (χ3v) is 7.14. The summed E-state index contributed by atoms with van der Waals surface area (Å²) >= 11 is 3.34. The van der Waals surface area contributed by atoms with Crippen LogP contribution in [-0.2, 0) is 26.6 Å². The molecule has 1 N–H and O–H groups in total. The van der Waals surface area contributed by atoms with Crippen LogP contribution >= 0.6 is 15.9 Å². The lowest BCUT2D eigenvalue weighted by Crippen LogP contribution is -2.38. The van der Waals surface area contributed by atoms with Crippen LogP contribution in [0.1, 0.15) is 37.5 Å². The topological polar surface area (TPSA) is 79.4 Å². The molecule has 33 heavy (non-hydrogen) atoms. The lowest BCUT2D eigenvalue weighted by molar-refractivity contribution is -0.167. The minimum atomic E-state index is -5.10. The van der Waals surface area contributed by atoms with Crippen molar-refractivity contribution in [3.8, 4) is 0 Å². The monoisotopic (exact) mass is 551 g/mol. The zero-order chi connectivity index (χ0) is 25.1. The van der Waals surface area contributed by atoms with Crippen molar-refractivity contribution in [1.82, 2.24) is 4.98 Å². The summed E-state index contributed by atoms with van der Waals surface area (Å²) in [5.74, 6) is -2.87. The van der Waals surface area contributed by atoms with Gasteiger partial charge >= 0.3 is 12.1 Å². The molecule has 0 spiro atoms. The van der Waals surface area contributed by atoms with Crippen LogP contribution in [-0.4, -0.2) is 31.5 Å². The molecular formula is C21H22BrF4N3O3S. The van der Waals surface area contributed by atoms with E-state index in [4.69, 9.17) is 0 Å². The van der Waals surface area contributed by atoms with Gasteiger partial charge in [-0.25, -0.2) is 22.1 Å². The molecular weight excluding hydrogens is 530 g/mol. The summed E-state index contributed by atoms with van der Waals surface area (Å²) in [5, 5.41) is 1.81. The molecule has 6 nitrogen and oxygen atoms in total. The first-order valence-corrected chi connectivity index (χ1v) is 12.2. The van der Waals surface area contributed by atoms with Gasteiger partial charge in [-0.15, -0.1) is 0 Å². The fraction of sp³-hybridized carbons (Fsp3) is 0.333. The number of halogens is 5. The Labute approximate surface area is 197 Å². The first kappa shape index (κ1) is 26.8. The molecule has 0 fully saturated rings. The van der Waals surface area contributed by atoms with E-state index >= 15 is 0 Å². The molecule has 1 amide bonds. The molecule has 0 unspecified atom stereocenters. The van der Waals surface area contributed by atoms with Gasteiger partial charge < -0.3 is 5.32 Å².